The molecule has 0 aliphatic rings. The molecule has 0 saturated heterocycles. The van der Waals surface area contributed by atoms with E-state index in [0.717, 1.165) is 5.69 Å². The van der Waals surface area contributed by atoms with Gasteiger partial charge in [-0.05, 0) is 14.0 Å². The van der Waals surface area contributed by atoms with E-state index >= 15 is 0 Å². The van der Waals surface area contributed by atoms with Gasteiger partial charge in [0.2, 0.25) is 0 Å². The van der Waals surface area contributed by atoms with Crippen LogP contribution in [0.3, 0.4) is 0 Å². The minimum Gasteiger partial charge on any atom is -0.477 e. The first kappa shape index (κ1) is 12.3. The summed E-state index contributed by atoms with van der Waals surface area (Å²) in [5.41, 5.74) is 1.56. The number of carboxylic acids is 1. The predicted molar refractivity (Wildman–Crippen MR) is 61.9 cm³/mol. The summed E-state index contributed by atoms with van der Waals surface area (Å²) in [5, 5.41) is 19.1. The highest BCUT2D eigenvalue weighted by Gasteiger charge is 2.18. The fraction of sp³-hybridized carbons (Fsp3) is 0.364. The van der Waals surface area contributed by atoms with Gasteiger partial charge in [0.25, 0.3) is 0 Å². The van der Waals surface area contributed by atoms with E-state index in [1.807, 2.05) is 18.9 Å². The van der Waals surface area contributed by atoms with Crippen LogP contribution in [0.15, 0.2) is 23.0 Å². The average Bonchev–Trinajstić information content (AvgIpc) is 2.98. The Labute approximate surface area is 103 Å². The third-order valence-corrected chi connectivity index (χ3v) is 2.90. The highest BCUT2D eigenvalue weighted by Crippen LogP contribution is 2.19. The van der Waals surface area contributed by atoms with Gasteiger partial charge in [0.05, 0.1) is 12.2 Å². The minimum atomic E-state index is -1.01. The third kappa shape index (κ3) is 2.40. The van der Waals surface area contributed by atoms with E-state index in [2.05, 4.69) is 15.4 Å². The van der Waals surface area contributed by atoms with E-state index in [1.54, 1.807) is 6.07 Å². The first-order chi connectivity index (χ1) is 8.59. The Balaban J connectivity index is 2.09. The van der Waals surface area contributed by atoms with Crippen LogP contribution in [0, 0.1) is 0 Å². The van der Waals surface area contributed by atoms with Crippen molar-refractivity contribution in [2.75, 3.05) is 7.05 Å². The molecule has 2 rings (SSSR count). The predicted octanol–water partition coefficient (Wildman–Crippen LogP) is 1.29. The molecule has 0 aromatic carbocycles. The van der Waals surface area contributed by atoms with Gasteiger partial charge in [-0.2, -0.15) is 5.10 Å². The van der Waals surface area contributed by atoms with Gasteiger partial charge in [-0.1, -0.05) is 5.16 Å². The summed E-state index contributed by atoms with van der Waals surface area (Å²) >= 11 is 0. The molecule has 2 N–H and O–H groups in total. The molecule has 0 saturated carbocycles. The van der Waals surface area contributed by atoms with E-state index in [-0.39, 0.29) is 11.7 Å². The molecule has 2 heterocycles. The molecule has 0 bridgehead atoms. The summed E-state index contributed by atoms with van der Waals surface area (Å²) in [6.07, 6.45) is 3.04. The Morgan fingerprint density at radius 1 is 1.67 bits per heavy atom. The van der Waals surface area contributed by atoms with Gasteiger partial charge in [-0.25, -0.2) is 4.79 Å². The van der Waals surface area contributed by atoms with Crippen molar-refractivity contribution >= 4 is 5.97 Å². The fourth-order valence-electron chi connectivity index (χ4n) is 1.68. The summed E-state index contributed by atoms with van der Waals surface area (Å²) < 4.78 is 4.79. The van der Waals surface area contributed by atoms with Crippen LogP contribution in [-0.4, -0.2) is 38.4 Å². The van der Waals surface area contributed by atoms with E-state index in [9.17, 15) is 4.79 Å². The normalized spacial score (nSPS) is 12.8. The van der Waals surface area contributed by atoms with Gasteiger partial charge < -0.3 is 9.63 Å². The van der Waals surface area contributed by atoms with Crippen molar-refractivity contribution in [1.29, 1.82) is 0 Å². The topological polar surface area (TPSA) is 95.3 Å². The second-order valence-electron chi connectivity index (χ2n) is 4.09. The van der Waals surface area contributed by atoms with Gasteiger partial charge in [0, 0.05) is 18.2 Å². The molecule has 0 fully saturated rings. The number of H-pyrrole nitrogens is 1. The number of carbonyl (C=O) groups is 1. The molecule has 7 heteroatoms. The van der Waals surface area contributed by atoms with Crippen LogP contribution in [0.25, 0.3) is 0 Å². The number of aromatic carboxylic acids is 1. The average molecular weight is 250 g/mol. The summed E-state index contributed by atoms with van der Waals surface area (Å²) in [4.78, 5) is 12.9. The zero-order valence-corrected chi connectivity index (χ0v) is 10.1. The SMILES string of the molecule is C[C@@H](c1ccon1)N(C)Cc1cn[nH]c1C(=O)O. The van der Waals surface area contributed by atoms with Crippen LogP contribution >= 0.6 is 0 Å². The van der Waals surface area contributed by atoms with E-state index < -0.39 is 5.97 Å². The molecule has 2 aromatic rings. The van der Waals surface area contributed by atoms with Gasteiger partial charge in [-0.15, -0.1) is 0 Å². The molecule has 1 atom stereocenters. The molecule has 0 unspecified atom stereocenters. The second kappa shape index (κ2) is 5.01. The molecule has 2 aromatic heterocycles. The maximum absolute atomic E-state index is 10.9. The van der Waals surface area contributed by atoms with Crippen LogP contribution < -0.4 is 0 Å². The lowest BCUT2D eigenvalue weighted by atomic mass is 10.1. The molecule has 0 aliphatic carbocycles. The molecule has 18 heavy (non-hydrogen) atoms. The molecule has 0 aliphatic heterocycles. The van der Waals surface area contributed by atoms with Crippen molar-refractivity contribution in [3.63, 3.8) is 0 Å². The number of aromatic nitrogens is 3. The Hall–Kier alpha value is -2.15. The van der Waals surface area contributed by atoms with Crippen molar-refractivity contribution in [3.8, 4) is 0 Å². The number of hydrogen-bond acceptors (Lipinski definition) is 5. The lowest BCUT2D eigenvalue weighted by Crippen LogP contribution is -2.23. The monoisotopic (exact) mass is 250 g/mol. The Morgan fingerprint density at radius 2 is 2.44 bits per heavy atom. The number of hydrogen-bond donors (Lipinski definition) is 2. The summed E-state index contributed by atoms with van der Waals surface area (Å²) in [6, 6.07) is 1.81. The van der Waals surface area contributed by atoms with Crippen LogP contribution in [0.1, 0.15) is 34.7 Å². The number of carboxylic acid groups (broad SMARTS) is 1. The third-order valence-electron chi connectivity index (χ3n) is 2.90. The van der Waals surface area contributed by atoms with Gasteiger partial charge in [0.15, 0.2) is 0 Å². The van der Waals surface area contributed by atoms with Crippen LogP contribution in [0.2, 0.25) is 0 Å². The van der Waals surface area contributed by atoms with Crippen LogP contribution in [0.5, 0.6) is 0 Å². The van der Waals surface area contributed by atoms with Gasteiger partial charge in [0.1, 0.15) is 17.7 Å². The highest BCUT2D eigenvalue weighted by molar-refractivity contribution is 5.86. The minimum absolute atomic E-state index is 0.0281. The van der Waals surface area contributed by atoms with Crippen molar-refractivity contribution in [2.45, 2.75) is 19.5 Å². The van der Waals surface area contributed by atoms with Crippen molar-refractivity contribution in [3.05, 3.63) is 35.5 Å². The van der Waals surface area contributed by atoms with E-state index in [0.29, 0.717) is 12.1 Å². The molecular formula is C11H14N4O3. The van der Waals surface area contributed by atoms with Gasteiger partial charge >= 0.3 is 5.97 Å². The lowest BCUT2D eigenvalue weighted by Gasteiger charge is -2.22. The van der Waals surface area contributed by atoms with Crippen molar-refractivity contribution < 1.29 is 14.4 Å². The lowest BCUT2D eigenvalue weighted by molar-refractivity contribution is 0.0688. The highest BCUT2D eigenvalue weighted by atomic mass is 16.5. The number of aromatic amines is 1. The number of nitrogens with zero attached hydrogens (tertiary/aromatic N) is 3. The van der Waals surface area contributed by atoms with Gasteiger partial charge in [-0.3, -0.25) is 10.00 Å². The quantitative estimate of drug-likeness (QED) is 0.830. The largest absolute Gasteiger partial charge is 0.477 e. The Bertz CT molecular complexity index is 520. The summed E-state index contributed by atoms with van der Waals surface area (Å²) in [7, 11) is 1.89. The summed E-state index contributed by atoms with van der Waals surface area (Å²) in [5.74, 6) is -1.01. The maximum Gasteiger partial charge on any atom is 0.354 e. The zero-order chi connectivity index (χ0) is 13.1. The first-order valence-electron chi connectivity index (χ1n) is 5.45. The second-order valence-corrected chi connectivity index (χ2v) is 4.09. The Kier molecular flexibility index (Phi) is 3.42. The van der Waals surface area contributed by atoms with Crippen LogP contribution in [0.4, 0.5) is 0 Å². The molecular weight excluding hydrogens is 236 g/mol. The zero-order valence-electron chi connectivity index (χ0n) is 10.1. The molecule has 0 spiro atoms. The first-order valence-corrected chi connectivity index (χ1v) is 5.45. The number of nitrogens with one attached hydrogen (secondary N) is 1. The molecule has 0 amide bonds. The fourth-order valence-corrected chi connectivity index (χ4v) is 1.68. The van der Waals surface area contributed by atoms with E-state index in [1.165, 1.54) is 12.5 Å². The Morgan fingerprint density at radius 3 is 3.06 bits per heavy atom. The van der Waals surface area contributed by atoms with Crippen molar-refractivity contribution in [2.24, 2.45) is 0 Å². The molecule has 7 nitrogen and oxygen atoms in total. The number of rotatable bonds is 5. The summed E-state index contributed by atoms with van der Waals surface area (Å²) in [6.45, 7) is 2.44. The molecule has 96 valence electrons. The van der Waals surface area contributed by atoms with Crippen LogP contribution in [-0.2, 0) is 6.54 Å². The maximum atomic E-state index is 10.9. The van der Waals surface area contributed by atoms with Crippen molar-refractivity contribution in [1.82, 2.24) is 20.3 Å². The van der Waals surface area contributed by atoms with E-state index in [4.69, 9.17) is 9.63 Å². The standard InChI is InChI=1S/C11H14N4O3/c1-7(9-3-4-18-14-9)15(2)6-8-5-12-13-10(8)11(16)17/h3-5,7H,6H2,1-2H3,(H,12,13)(H,16,17)/t7-/m0/s1. The smallest absolute Gasteiger partial charge is 0.354 e. The molecule has 0 radical (unpaired) electrons.